The summed E-state index contributed by atoms with van der Waals surface area (Å²) in [5.74, 6) is 0. The summed E-state index contributed by atoms with van der Waals surface area (Å²) < 4.78 is 4.39. The zero-order chi connectivity index (χ0) is 29.8. The molecule has 2 heterocycles. The van der Waals surface area contributed by atoms with Gasteiger partial charge in [-0.2, -0.15) is 15.8 Å². The minimum absolute atomic E-state index is 0.356. The number of aromatic nitrogens is 2. The summed E-state index contributed by atoms with van der Waals surface area (Å²) in [6.45, 7) is 0. The molecular formula is C39H21N5. The van der Waals surface area contributed by atoms with E-state index in [0.29, 0.717) is 16.7 Å². The Morgan fingerprint density at radius 2 is 1.09 bits per heavy atom. The van der Waals surface area contributed by atoms with Crippen LogP contribution in [0.4, 0.5) is 0 Å². The van der Waals surface area contributed by atoms with E-state index in [-0.39, 0.29) is 0 Å². The summed E-state index contributed by atoms with van der Waals surface area (Å²) in [7, 11) is 0. The van der Waals surface area contributed by atoms with E-state index < -0.39 is 0 Å². The summed E-state index contributed by atoms with van der Waals surface area (Å²) in [5.41, 5.74) is 9.53. The molecule has 0 spiro atoms. The first-order valence-corrected chi connectivity index (χ1v) is 14.2. The van der Waals surface area contributed by atoms with Crippen LogP contribution in [0.5, 0.6) is 0 Å². The monoisotopic (exact) mass is 559 g/mol. The lowest BCUT2D eigenvalue weighted by Crippen LogP contribution is -1.96. The Labute approximate surface area is 252 Å². The molecule has 8 aromatic rings. The quantitative estimate of drug-likeness (QED) is 0.216. The average molecular weight is 560 g/mol. The van der Waals surface area contributed by atoms with Gasteiger partial charge in [-0.3, -0.25) is 0 Å². The molecule has 6 aromatic carbocycles. The van der Waals surface area contributed by atoms with Crippen molar-refractivity contribution in [1.82, 2.24) is 9.13 Å². The van der Waals surface area contributed by atoms with Crippen molar-refractivity contribution in [1.29, 1.82) is 15.8 Å². The highest BCUT2D eigenvalue weighted by molar-refractivity contribution is 6.17. The molecule has 0 fully saturated rings. The molecule has 0 saturated carbocycles. The van der Waals surface area contributed by atoms with Crippen molar-refractivity contribution < 1.29 is 0 Å². The first-order valence-electron chi connectivity index (χ1n) is 14.2. The second-order valence-electron chi connectivity index (χ2n) is 10.8. The van der Waals surface area contributed by atoms with Gasteiger partial charge in [-0.15, -0.1) is 0 Å². The number of rotatable bonds is 3. The topological polar surface area (TPSA) is 81.2 Å². The summed E-state index contributed by atoms with van der Waals surface area (Å²) in [6, 6.07) is 49.3. The number of fused-ring (bicyclic) bond motifs is 6. The van der Waals surface area contributed by atoms with E-state index in [1.54, 1.807) is 12.1 Å². The average Bonchev–Trinajstić information content (AvgIpc) is 3.60. The predicted octanol–water partition coefficient (Wildman–Crippen LogP) is 9.16. The van der Waals surface area contributed by atoms with Crippen LogP contribution in [0.1, 0.15) is 16.7 Å². The van der Waals surface area contributed by atoms with Gasteiger partial charge in [0, 0.05) is 32.9 Å². The number of hydrogen-bond donors (Lipinski definition) is 0. The Morgan fingerprint density at radius 3 is 1.89 bits per heavy atom. The number of nitriles is 3. The van der Waals surface area contributed by atoms with Gasteiger partial charge in [0.2, 0.25) is 0 Å². The molecule has 44 heavy (non-hydrogen) atoms. The highest BCUT2D eigenvalue weighted by atomic mass is 15.0. The Balaban J connectivity index is 1.40. The van der Waals surface area contributed by atoms with Gasteiger partial charge in [-0.05, 0) is 77.9 Å². The number of nitrogens with zero attached hydrogens (tertiary/aromatic N) is 5. The molecule has 0 atom stereocenters. The molecule has 202 valence electrons. The lowest BCUT2D eigenvalue weighted by molar-refractivity contribution is 1.17. The fourth-order valence-electron chi connectivity index (χ4n) is 6.53. The van der Waals surface area contributed by atoms with Crippen molar-refractivity contribution in [3.8, 4) is 40.7 Å². The molecular weight excluding hydrogens is 538 g/mol. The van der Waals surface area contributed by atoms with Crippen LogP contribution < -0.4 is 0 Å². The molecule has 0 aliphatic carbocycles. The molecule has 2 aromatic heterocycles. The minimum atomic E-state index is 0.356. The van der Waals surface area contributed by atoms with E-state index >= 15 is 0 Å². The van der Waals surface area contributed by atoms with E-state index in [1.165, 1.54) is 0 Å². The van der Waals surface area contributed by atoms with Crippen molar-refractivity contribution in [3.05, 3.63) is 144 Å². The molecule has 0 unspecified atom stereocenters. The Kier molecular flexibility index (Phi) is 5.56. The van der Waals surface area contributed by atoms with Crippen molar-refractivity contribution in [2.75, 3.05) is 0 Å². The Bertz CT molecular complexity index is 2600. The van der Waals surface area contributed by atoms with Crippen LogP contribution in [-0.4, -0.2) is 9.13 Å². The largest absolute Gasteiger partial charge is 0.309 e. The van der Waals surface area contributed by atoms with Crippen molar-refractivity contribution in [2.24, 2.45) is 0 Å². The third kappa shape index (κ3) is 3.63. The summed E-state index contributed by atoms with van der Waals surface area (Å²) in [6.07, 6.45) is 0. The van der Waals surface area contributed by atoms with E-state index in [1.807, 2.05) is 42.5 Å². The van der Waals surface area contributed by atoms with Crippen LogP contribution in [-0.2, 0) is 0 Å². The smallest absolute Gasteiger partial charge is 0.101 e. The predicted molar refractivity (Wildman–Crippen MR) is 175 cm³/mol. The van der Waals surface area contributed by atoms with Crippen LogP contribution in [0.15, 0.2) is 127 Å². The van der Waals surface area contributed by atoms with Crippen molar-refractivity contribution in [2.45, 2.75) is 0 Å². The minimum Gasteiger partial charge on any atom is -0.309 e. The lowest BCUT2D eigenvalue weighted by Gasteiger charge is -2.10. The molecule has 5 heteroatoms. The molecule has 8 rings (SSSR count). The van der Waals surface area contributed by atoms with Crippen molar-refractivity contribution in [3.63, 3.8) is 0 Å². The number of benzene rings is 6. The van der Waals surface area contributed by atoms with Crippen molar-refractivity contribution >= 4 is 43.6 Å². The maximum Gasteiger partial charge on any atom is 0.101 e. The van der Waals surface area contributed by atoms with E-state index in [0.717, 1.165) is 66.1 Å². The first-order chi connectivity index (χ1) is 21.7. The second kappa shape index (κ2) is 9.74. The van der Waals surface area contributed by atoms with Gasteiger partial charge in [-0.25, -0.2) is 0 Å². The molecule has 0 saturated heterocycles. The number of hydrogen-bond acceptors (Lipinski definition) is 3. The van der Waals surface area contributed by atoms with Gasteiger partial charge in [0.15, 0.2) is 0 Å². The zero-order valence-electron chi connectivity index (χ0n) is 23.4. The van der Waals surface area contributed by atoms with Gasteiger partial charge in [0.1, 0.15) is 12.1 Å². The number of para-hydroxylation sites is 2. The van der Waals surface area contributed by atoms with E-state index in [9.17, 15) is 15.8 Å². The second-order valence-corrected chi connectivity index (χ2v) is 10.8. The highest BCUT2D eigenvalue weighted by Crippen LogP contribution is 2.41. The summed E-state index contributed by atoms with van der Waals surface area (Å²) in [5, 5.41) is 33.3. The Hall–Kier alpha value is -6.61. The normalized spacial score (nSPS) is 11.1. The van der Waals surface area contributed by atoms with Crippen LogP contribution >= 0.6 is 0 Å². The molecule has 0 aliphatic rings. The molecule has 0 amide bonds. The third-order valence-corrected chi connectivity index (χ3v) is 8.42. The van der Waals surface area contributed by atoms with Gasteiger partial charge in [-0.1, -0.05) is 60.7 Å². The van der Waals surface area contributed by atoms with Gasteiger partial charge in [0.05, 0.1) is 44.8 Å². The fraction of sp³-hybridized carbons (Fsp3) is 0. The maximum absolute atomic E-state index is 9.73. The van der Waals surface area contributed by atoms with E-state index in [4.69, 9.17) is 0 Å². The van der Waals surface area contributed by atoms with Gasteiger partial charge >= 0.3 is 0 Å². The molecule has 5 nitrogen and oxygen atoms in total. The standard InChI is InChI=1S/C39H21N5/c40-22-25-7-5-8-29(19-25)43-35-12-3-1-9-32(35)34-21-26(16-18-37(34)43)31-11-6-14-38-39(31)33-10-2-4-13-36(33)44(38)30-17-15-27(23-41)28(20-30)24-42/h1-21H. The first kappa shape index (κ1) is 25.1. The van der Waals surface area contributed by atoms with Crippen LogP contribution in [0.25, 0.3) is 66.1 Å². The maximum atomic E-state index is 9.73. The molecule has 0 bridgehead atoms. The van der Waals surface area contributed by atoms with E-state index in [2.05, 4.69) is 100 Å². The lowest BCUT2D eigenvalue weighted by atomic mass is 9.98. The third-order valence-electron chi connectivity index (χ3n) is 8.42. The van der Waals surface area contributed by atoms with Crippen LogP contribution in [0.3, 0.4) is 0 Å². The molecule has 0 N–H and O–H groups in total. The summed E-state index contributed by atoms with van der Waals surface area (Å²) >= 11 is 0. The van der Waals surface area contributed by atoms with Crippen LogP contribution in [0, 0.1) is 34.0 Å². The molecule has 0 aliphatic heterocycles. The van der Waals surface area contributed by atoms with Gasteiger partial charge < -0.3 is 9.13 Å². The van der Waals surface area contributed by atoms with Crippen LogP contribution in [0.2, 0.25) is 0 Å². The Morgan fingerprint density at radius 1 is 0.432 bits per heavy atom. The summed E-state index contributed by atoms with van der Waals surface area (Å²) in [4.78, 5) is 0. The molecule has 0 radical (unpaired) electrons. The highest BCUT2D eigenvalue weighted by Gasteiger charge is 2.19. The van der Waals surface area contributed by atoms with Gasteiger partial charge in [0.25, 0.3) is 0 Å². The fourth-order valence-corrected chi connectivity index (χ4v) is 6.53. The zero-order valence-corrected chi connectivity index (χ0v) is 23.4. The SMILES string of the molecule is N#Cc1cccc(-n2c3ccccc3c3cc(-c4cccc5c4c4ccccc4n5-c4ccc(C#N)c(C#N)c4)ccc32)c1.